The number of hydrogen-bond acceptors (Lipinski definition) is 4. The summed E-state index contributed by atoms with van der Waals surface area (Å²) in [4.78, 5) is 4.87. The maximum atomic E-state index is 9.52. The van der Waals surface area contributed by atoms with Crippen molar-refractivity contribution in [2.24, 2.45) is 0 Å². The molecule has 2 aromatic carbocycles. The van der Waals surface area contributed by atoms with Crippen molar-refractivity contribution in [3.05, 3.63) is 65.7 Å². The van der Waals surface area contributed by atoms with Gasteiger partial charge < -0.3 is 9.84 Å². The lowest BCUT2D eigenvalue weighted by molar-refractivity contribution is 0.0605. The minimum Gasteiger partial charge on any atom is -0.494 e. The number of aliphatic hydroxyl groups excluding tert-OH is 1. The first-order chi connectivity index (χ1) is 13.8. The third kappa shape index (κ3) is 6.10. The third-order valence-electron chi connectivity index (χ3n) is 5.08. The van der Waals surface area contributed by atoms with Gasteiger partial charge in [-0.3, -0.25) is 9.80 Å². The molecule has 28 heavy (non-hydrogen) atoms. The van der Waals surface area contributed by atoms with E-state index in [0.717, 1.165) is 50.5 Å². The molecule has 1 unspecified atom stereocenters. The number of ether oxygens (including phenoxy) is 1. The number of hydrogen-bond donors (Lipinski definition) is 1. The zero-order valence-corrected chi connectivity index (χ0v) is 16.7. The summed E-state index contributed by atoms with van der Waals surface area (Å²) in [7, 11) is 0. The summed E-state index contributed by atoms with van der Waals surface area (Å²) in [6, 6.07) is 18.8. The van der Waals surface area contributed by atoms with Crippen molar-refractivity contribution in [3.63, 3.8) is 0 Å². The summed E-state index contributed by atoms with van der Waals surface area (Å²) < 4.78 is 5.53. The van der Waals surface area contributed by atoms with E-state index in [1.165, 1.54) is 5.56 Å². The molecular formula is C24H30N2O2. The Labute approximate surface area is 168 Å². The van der Waals surface area contributed by atoms with E-state index in [1.54, 1.807) is 0 Å². The van der Waals surface area contributed by atoms with Gasteiger partial charge >= 0.3 is 0 Å². The second kappa shape index (κ2) is 10.9. The predicted octanol–water partition coefficient (Wildman–Crippen LogP) is 3.01. The highest BCUT2D eigenvalue weighted by Crippen LogP contribution is 2.18. The fourth-order valence-corrected chi connectivity index (χ4v) is 3.60. The second-order valence-corrected chi connectivity index (χ2v) is 7.12. The van der Waals surface area contributed by atoms with Gasteiger partial charge in [-0.05, 0) is 43.2 Å². The Kier molecular flexibility index (Phi) is 7.93. The van der Waals surface area contributed by atoms with Gasteiger partial charge in [0.1, 0.15) is 5.75 Å². The molecule has 0 saturated carbocycles. The van der Waals surface area contributed by atoms with Crippen LogP contribution in [-0.2, 0) is 6.54 Å². The van der Waals surface area contributed by atoms with Gasteiger partial charge in [0.15, 0.2) is 0 Å². The van der Waals surface area contributed by atoms with E-state index in [-0.39, 0.29) is 6.61 Å². The van der Waals surface area contributed by atoms with Crippen LogP contribution in [0.5, 0.6) is 5.75 Å². The molecule has 0 aliphatic carbocycles. The number of piperazine rings is 1. The standard InChI is InChI=1S/C24H30N2O2/c1-2-28-24-12-10-22(11-13-24)19-26-17-16-25(20-23(26)14-18-27)15-6-9-21-7-4-3-5-8-21/h3-5,7-8,10-13,23,27H,2,14-20H2,1H3. The van der Waals surface area contributed by atoms with Gasteiger partial charge in [-0.1, -0.05) is 42.2 Å². The predicted molar refractivity (Wildman–Crippen MR) is 113 cm³/mol. The minimum absolute atomic E-state index is 0.216. The molecule has 148 valence electrons. The molecule has 1 N–H and O–H groups in total. The van der Waals surface area contributed by atoms with Crippen molar-refractivity contribution < 1.29 is 9.84 Å². The lowest BCUT2D eigenvalue weighted by Crippen LogP contribution is -2.52. The molecule has 0 radical (unpaired) electrons. The molecule has 0 aromatic heterocycles. The van der Waals surface area contributed by atoms with E-state index in [0.29, 0.717) is 12.6 Å². The van der Waals surface area contributed by atoms with Gasteiger partial charge in [0.2, 0.25) is 0 Å². The molecule has 0 spiro atoms. The van der Waals surface area contributed by atoms with Crippen LogP contribution in [0, 0.1) is 11.8 Å². The van der Waals surface area contributed by atoms with Gasteiger partial charge in [0.05, 0.1) is 13.2 Å². The third-order valence-corrected chi connectivity index (χ3v) is 5.08. The lowest BCUT2D eigenvalue weighted by Gasteiger charge is -2.40. The SMILES string of the molecule is CCOc1ccc(CN2CCN(CC#Cc3ccccc3)CC2CCO)cc1. The first-order valence-electron chi connectivity index (χ1n) is 10.1. The number of nitrogens with zero attached hydrogens (tertiary/aromatic N) is 2. The maximum absolute atomic E-state index is 9.52. The summed E-state index contributed by atoms with van der Waals surface area (Å²) in [5.74, 6) is 7.45. The van der Waals surface area contributed by atoms with Gasteiger partial charge in [-0.2, -0.15) is 0 Å². The number of aliphatic hydroxyl groups is 1. The summed E-state index contributed by atoms with van der Waals surface area (Å²) in [5, 5.41) is 9.52. The van der Waals surface area contributed by atoms with E-state index >= 15 is 0 Å². The Balaban J connectivity index is 1.55. The van der Waals surface area contributed by atoms with Crippen LogP contribution in [0.4, 0.5) is 0 Å². The Morgan fingerprint density at radius 2 is 1.86 bits per heavy atom. The molecule has 1 aliphatic rings. The molecule has 1 atom stereocenters. The van der Waals surface area contributed by atoms with Crippen molar-refractivity contribution in [3.8, 4) is 17.6 Å². The Bertz CT molecular complexity index is 765. The zero-order chi connectivity index (χ0) is 19.6. The summed E-state index contributed by atoms with van der Waals surface area (Å²) in [6.07, 6.45) is 0.791. The van der Waals surface area contributed by atoms with E-state index in [4.69, 9.17) is 4.74 Å². The molecule has 1 heterocycles. The van der Waals surface area contributed by atoms with Crippen molar-refractivity contribution in [2.45, 2.75) is 25.9 Å². The average molecular weight is 379 g/mol. The quantitative estimate of drug-likeness (QED) is 0.752. The van der Waals surface area contributed by atoms with E-state index in [2.05, 4.69) is 33.8 Å². The summed E-state index contributed by atoms with van der Waals surface area (Å²) in [5.41, 5.74) is 2.34. The first kappa shape index (κ1) is 20.4. The van der Waals surface area contributed by atoms with Crippen molar-refractivity contribution in [1.82, 2.24) is 9.80 Å². The van der Waals surface area contributed by atoms with Crippen LogP contribution >= 0.6 is 0 Å². The average Bonchev–Trinajstić information content (AvgIpc) is 2.72. The van der Waals surface area contributed by atoms with Crippen molar-refractivity contribution >= 4 is 0 Å². The molecule has 3 rings (SSSR count). The lowest BCUT2D eigenvalue weighted by atomic mass is 10.1. The fourth-order valence-electron chi connectivity index (χ4n) is 3.60. The second-order valence-electron chi connectivity index (χ2n) is 7.12. The molecule has 2 aromatic rings. The van der Waals surface area contributed by atoms with Crippen LogP contribution in [0.15, 0.2) is 54.6 Å². The van der Waals surface area contributed by atoms with Gasteiger partial charge in [-0.25, -0.2) is 0 Å². The van der Waals surface area contributed by atoms with Crippen LogP contribution in [0.1, 0.15) is 24.5 Å². The van der Waals surface area contributed by atoms with Crippen LogP contribution in [0.25, 0.3) is 0 Å². The van der Waals surface area contributed by atoms with Crippen LogP contribution in [-0.4, -0.2) is 60.3 Å². The van der Waals surface area contributed by atoms with E-state index < -0.39 is 0 Å². The summed E-state index contributed by atoms with van der Waals surface area (Å²) >= 11 is 0. The Morgan fingerprint density at radius 3 is 2.57 bits per heavy atom. The fraction of sp³-hybridized carbons (Fsp3) is 0.417. The van der Waals surface area contributed by atoms with Gasteiger partial charge in [-0.15, -0.1) is 0 Å². The van der Waals surface area contributed by atoms with Crippen LogP contribution in [0.2, 0.25) is 0 Å². The van der Waals surface area contributed by atoms with Crippen molar-refractivity contribution in [2.75, 3.05) is 39.4 Å². The van der Waals surface area contributed by atoms with Crippen molar-refractivity contribution in [1.29, 1.82) is 0 Å². The smallest absolute Gasteiger partial charge is 0.119 e. The zero-order valence-electron chi connectivity index (χ0n) is 16.7. The molecule has 4 heteroatoms. The molecular weight excluding hydrogens is 348 g/mol. The van der Waals surface area contributed by atoms with Crippen LogP contribution < -0.4 is 4.74 Å². The Hall–Kier alpha value is -2.32. The Morgan fingerprint density at radius 1 is 1.07 bits per heavy atom. The maximum Gasteiger partial charge on any atom is 0.119 e. The summed E-state index contributed by atoms with van der Waals surface area (Å²) in [6.45, 7) is 7.51. The molecule has 1 saturated heterocycles. The monoisotopic (exact) mass is 378 g/mol. The first-order valence-corrected chi connectivity index (χ1v) is 10.1. The molecule has 0 bridgehead atoms. The number of rotatable bonds is 7. The molecule has 1 fully saturated rings. The molecule has 0 amide bonds. The highest BCUT2D eigenvalue weighted by Gasteiger charge is 2.26. The normalized spacial score (nSPS) is 17.7. The highest BCUT2D eigenvalue weighted by atomic mass is 16.5. The van der Waals surface area contributed by atoms with E-state index in [9.17, 15) is 5.11 Å². The largest absolute Gasteiger partial charge is 0.494 e. The van der Waals surface area contributed by atoms with Gasteiger partial charge in [0.25, 0.3) is 0 Å². The minimum atomic E-state index is 0.216. The van der Waals surface area contributed by atoms with Gasteiger partial charge in [0, 0.05) is 44.4 Å². The van der Waals surface area contributed by atoms with Crippen LogP contribution in [0.3, 0.4) is 0 Å². The highest BCUT2D eigenvalue weighted by molar-refractivity contribution is 5.33. The molecule has 1 aliphatic heterocycles. The molecule has 4 nitrogen and oxygen atoms in total. The number of benzene rings is 2. The topological polar surface area (TPSA) is 35.9 Å². The van der Waals surface area contributed by atoms with E-state index in [1.807, 2.05) is 49.4 Å².